The van der Waals surface area contributed by atoms with E-state index in [9.17, 15) is 8.42 Å². The zero-order valence-corrected chi connectivity index (χ0v) is 13.8. The van der Waals surface area contributed by atoms with Gasteiger partial charge in [-0.15, -0.1) is 0 Å². The Morgan fingerprint density at radius 1 is 1.38 bits per heavy atom. The smallest absolute Gasteiger partial charge is 0.211 e. The van der Waals surface area contributed by atoms with Crippen molar-refractivity contribution in [3.05, 3.63) is 35.4 Å². The highest BCUT2D eigenvalue weighted by Crippen LogP contribution is 2.30. The minimum absolute atomic E-state index is 0.315. The van der Waals surface area contributed by atoms with E-state index in [1.54, 1.807) is 4.31 Å². The van der Waals surface area contributed by atoms with E-state index in [0.29, 0.717) is 31.5 Å². The minimum Gasteiger partial charge on any atom is -0.330 e. The second kappa shape index (κ2) is 6.90. The number of piperidine rings is 1. The summed E-state index contributed by atoms with van der Waals surface area (Å²) in [6.45, 7) is 4.02. The first-order valence-corrected chi connectivity index (χ1v) is 9.47. The molecule has 2 rings (SSSR count). The number of nitrogens with zero attached hydrogens (tertiary/aromatic N) is 1. The van der Waals surface area contributed by atoms with E-state index in [0.717, 1.165) is 19.3 Å². The number of nitrogens with two attached hydrogens (primary N) is 1. The van der Waals surface area contributed by atoms with Gasteiger partial charge < -0.3 is 5.73 Å². The summed E-state index contributed by atoms with van der Waals surface area (Å²) in [7, 11) is -3.07. The van der Waals surface area contributed by atoms with Crippen LogP contribution in [0.25, 0.3) is 0 Å². The highest BCUT2D eigenvalue weighted by molar-refractivity contribution is 7.88. The van der Waals surface area contributed by atoms with Crippen molar-refractivity contribution >= 4 is 10.0 Å². The van der Waals surface area contributed by atoms with E-state index >= 15 is 0 Å². The van der Waals surface area contributed by atoms with Gasteiger partial charge in [-0.1, -0.05) is 24.3 Å². The van der Waals surface area contributed by atoms with E-state index in [1.165, 1.54) is 17.4 Å². The summed E-state index contributed by atoms with van der Waals surface area (Å²) in [6.07, 6.45) is 4.31. The van der Waals surface area contributed by atoms with Crippen LogP contribution in [0.4, 0.5) is 0 Å². The fourth-order valence-electron chi connectivity index (χ4n) is 3.32. The molecule has 1 heterocycles. The number of sulfonamides is 1. The summed E-state index contributed by atoms with van der Waals surface area (Å²) in [5.74, 6) is 0.720. The lowest BCUT2D eigenvalue weighted by molar-refractivity contribution is 0.247. The van der Waals surface area contributed by atoms with E-state index in [1.807, 2.05) is 6.07 Å². The summed E-state index contributed by atoms with van der Waals surface area (Å²) in [5.41, 5.74) is 8.55. The third-order valence-electron chi connectivity index (χ3n) is 4.48. The molecule has 118 valence electrons. The largest absolute Gasteiger partial charge is 0.330 e. The third kappa shape index (κ3) is 4.28. The number of hydrogen-bond donors (Lipinski definition) is 1. The Morgan fingerprint density at radius 3 is 2.71 bits per heavy atom. The molecule has 1 aliphatic heterocycles. The van der Waals surface area contributed by atoms with Crippen LogP contribution in [-0.4, -0.2) is 38.6 Å². The predicted molar refractivity (Wildman–Crippen MR) is 86.7 cm³/mol. The van der Waals surface area contributed by atoms with Crippen LogP contribution in [0.5, 0.6) is 0 Å². The normalized spacial score (nSPS) is 22.1. The van der Waals surface area contributed by atoms with Crippen molar-refractivity contribution in [2.24, 2.45) is 11.7 Å². The lowest BCUT2D eigenvalue weighted by Crippen LogP contribution is -2.40. The molecule has 5 heteroatoms. The van der Waals surface area contributed by atoms with Crippen molar-refractivity contribution in [1.29, 1.82) is 0 Å². The van der Waals surface area contributed by atoms with Crippen LogP contribution in [0, 0.1) is 12.8 Å². The van der Waals surface area contributed by atoms with Gasteiger partial charge in [0, 0.05) is 13.1 Å². The molecular formula is C16H26N2O2S. The van der Waals surface area contributed by atoms with Crippen molar-refractivity contribution < 1.29 is 8.42 Å². The van der Waals surface area contributed by atoms with Gasteiger partial charge in [0.1, 0.15) is 0 Å². The molecule has 0 radical (unpaired) electrons. The quantitative estimate of drug-likeness (QED) is 0.906. The Kier molecular flexibility index (Phi) is 5.41. The molecule has 4 nitrogen and oxygen atoms in total. The van der Waals surface area contributed by atoms with Gasteiger partial charge in [0.2, 0.25) is 10.0 Å². The Bertz CT molecular complexity index is 571. The Labute approximate surface area is 128 Å². The lowest BCUT2D eigenvalue weighted by Gasteiger charge is -2.33. The molecule has 1 aliphatic rings. The Morgan fingerprint density at radius 2 is 2.10 bits per heavy atom. The molecular weight excluding hydrogens is 284 g/mol. The van der Waals surface area contributed by atoms with Gasteiger partial charge in [0.15, 0.2) is 0 Å². The van der Waals surface area contributed by atoms with Crippen LogP contribution >= 0.6 is 0 Å². The SMILES string of the molecule is Cc1ccccc1C(CN)CC1CCCN(S(C)(=O)=O)C1. The van der Waals surface area contributed by atoms with Gasteiger partial charge in [0.25, 0.3) is 0 Å². The van der Waals surface area contributed by atoms with Crippen molar-refractivity contribution in [1.82, 2.24) is 4.31 Å². The Balaban J connectivity index is 2.07. The molecule has 2 N–H and O–H groups in total. The molecule has 1 fully saturated rings. The highest BCUT2D eigenvalue weighted by atomic mass is 32.2. The second-order valence-electron chi connectivity index (χ2n) is 6.15. The molecule has 1 aromatic carbocycles. The van der Waals surface area contributed by atoms with E-state index in [2.05, 4.69) is 25.1 Å². The first kappa shape index (κ1) is 16.5. The number of hydrogen-bond acceptors (Lipinski definition) is 3. The molecule has 0 spiro atoms. The summed E-state index contributed by atoms with van der Waals surface area (Å²) in [4.78, 5) is 0. The van der Waals surface area contributed by atoms with Crippen molar-refractivity contribution in [2.45, 2.75) is 32.1 Å². The van der Waals surface area contributed by atoms with Gasteiger partial charge in [0.05, 0.1) is 6.26 Å². The van der Waals surface area contributed by atoms with Crippen LogP contribution < -0.4 is 5.73 Å². The van der Waals surface area contributed by atoms with Crippen LogP contribution in [-0.2, 0) is 10.0 Å². The molecule has 2 unspecified atom stereocenters. The maximum absolute atomic E-state index is 11.7. The zero-order chi connectivity index (χ0) is 15.5. The van der Waals surface area contributed by atoms with Crippen LogP contribution in [0.1, 0.15) is 36.3 Å². The molecule has 0 aliphatic carbocycles. The molecule has 21 heavy (non-hydrogen) atoms. The Hall–Kier alpha value is -0.910. The lowest BCUT2D eigenvalue weighted by atomic mass is 9.84. The molecule has 0 saturated carbocycles. The maximum Gasteiger partial charge on any atom is 0.211 e. The summed E-state index contributed by atoms with van der Waals surface area (Å²) in [5, 5.41) is 0. The van der Waals surface area contributed by atoms with Crippen molar-refractivity contribution in [3.8, 4) is 0 Å². The molecule has 2 atom stereocenters. The minimum atomic E-state index is -3.07. The van der Waals surface area contributed by atoms with Crippen molar-refractivity contribution in [3.63, 3.8) is 0 Å². The maximum atomic E-state index is 11.7. The second-order valence-corrected chi connectivity index (χ2v) is 8.14. The van der Waals surface area contributed by atoms with Gasteiger partial charge >= 0.3 is 0 Å². The molecule has 0 bridgehead atoms. The van der Waals surface area contributed by atoms with Gasteiger partial charge in [-0.2, -0.15) is 0 Å². The molecule has 1 saturated heterocycles. The van der Waals surface area contributed by atoms with E-state index in [4.69, 9.17) is 5.73 Å². The fraction of sp³-hybridized carbons (Fsp3) is 0.625. The number of aryl methyl sites for hydroxylation is 1. The molecule has 0 amide bonds. The topological polar surface area (TPSA) is 63.4 Å². The zero-order valence-electron chi connectivity index (χ0n) is 13.0. The summed E-state index contributed by atoms with van der Waals surface area (Å²) >= 11 is 0. The average molecular weight is 310 g/mol. The predicted octanol–water partition coefficient (Wildman–Crippen LogP) is 2.10. The monoisotopic (exact) mass is 310 g/mol. The summed E-state index contributed by atoms with van der Waals surface area (Å²) < 4.78 is 25.0. The third-order valence-corrected chi connectivity index (χ3v) is 5.75. The van der Waals surface area contributed by atoms with E-state index in [-0.39, 0.29) is 0 Å². The van der Waals surface area contributed by atoms with Gasteiger partial charge in [-0.25, -0.2) is 12.7 Å². The van der Waals surface area contributed by atoms with E-state index < -0.39 is 10.0 Å². The molecule has 0 aromatic heterocycles. The van der Waals surface area contributed by atoms with Gasteiger partial charge in [-0.3, -0.25) is 0 Å². The average Bonchev–Trinajstić information content (AvgIpc) is 2.45. The molecule has 1 aromatic rings. The fourth-order valence-corrected chi connectivity index (χ4v) is 4.26. The van der Waals surface area contributed by atoms with Crippen molar-refractivity contribution in [2.75, 3.05) is 25.9 Å². The van der Waals surface area contributed by atoms with Crippen LogP contribution in [0.15, 0.2) is 24.3 Å². The first-order chi connectivity index (χ1) is 9.91. The standard InChI is InChI=1S/C16H26N2O2S/c1-13-6-3-4-8-16(13)15(11-17)10-14-7-5-9-18(12-14)21(2,19)20/h3-4,6,8,14-15H,5,7,9-12,17H2,1-2H3. The van der Waals surface area contributed by atoms with Crippen LogP contribution in [0.3, 0.4) is 0 Å². The summed E-state index contributed by atoms with van der Waals surface area (Å²) in [6, 6.07) is 8.35. The number of benzene rings is 1. The van der Waals surface area contributed by atoms with Gasteiger partial charge in [-0.05, 0) is 55.7 Å². The highest BCUT2D eigenvalue weighted by Gasteiger charge is 2.28. The first-order valence-electron chi connectivity index (χ1n) is 7.62. The van der Waals surface area contributed by atoms with Crippen LogP contribution in [0.2, 0.25) is 0 Å². The number of rotatable bonds is 5.